The lowest BCUT2D eigenvalue weighted by Gasteiger charge is -2.32. The maximum atomic E-state index is 11.8. The van der Waals surface area contributed by atoms with Crippen LogP contribution in [0.2, 0.25) is 0 Å². The molecule has 0 aromatic heterocycles. The highest BCUT2D eigenvalue weighted by atomic mass is 16.5. The summed E-state index contributed by atoms with van der Waals surface area (Å²) in [5.41, 5.74) is 5.96. The lowest BCUT2D eigenvalue weighted by molar-refractivity contribution is -0.123. The van der Waals surface area contributed by atoms with E-state index >= 15 is 0 Å². The van der Waals surface area contributed by atoms with Crippen LogP contribution in [0.5, 0.6) is 0 Å². The van der Waals surface area contributed by atoms with Gasteiger partial charge >= 0.3 is 0 Å². The van der Waals surface area contributed by atoms with E-state index in [4.69, 9.17) is 10.5 Å². The van der Waals surface area contributed by atoms with E-state index in [2.05, 4.69) is 11.9 Å². The van der Waals surface area contributed by atoms with Crippen LogP contribution in [0.25, 0.3) is 0 Å². The molecule has 1 atom stereocenters. The largest absolute Gasteiger partial charge is 0.373 e. The Morgan fingerprint density at radius 3 is 2.78 bits per heavy atom. The highest BCUT2D eigenvalue weighted by molar-refractivity contribution is 5.77. The molecule has 0 aromatic carbocycles. The lowest BCUT2D eigenvalue weighted by atomic mass is 9.80. The van der Waals surface area contributed by atoms with Crippen LogP contribution in [0, 0.1) is 0 Å². The zero-order chi connectivity index (χ0) is 13.4. The van der Waals surface area contributed by atoms with Gasteiger partial charge in [-0.2, -0.15) is 0 Å². The molecule has 1 amide bonds. The molecule has 3 N–H and O–H groups in total. The van der Waals surface area contributed by atoms with E-state index in [1.165, 1.54) is 6.42 Å². The number of rotatable bonds is 7. The Labute approximate surface area is 110 Å². The first-order chi connectivity index (χ1) is 8.56. The van der Waals surface area contributed by atoms with Crippen LogP contribution in [-0.4, -0.2) is 30.7 Å². The summed E-state index contributed by atoms with van der Waals surface area (Å²) in [5, 5.41) is 2.89. The summed E-state index contributed by atoms with van der Waals surface area (Å²) in [6.45, 7) is 6.56. The van der Waals surface area contributed by atoms with E-state index in [1.54, 1.807) is 6.08 Å². The molecule has 0 heterocycles. The predicted octanol–water partition coefficient (Wildman–Crippen LogP) is 1.75. The second kappa shape index (κ2) is 7.54. The minimum Gasteiger partial charge on any atom is -0.373 e. The monoisotopic (exact) mass is 254 g/mol. The molecule has 4 heteroatoms. The fourth-order valence-corrected chi connectivity index (χ4v) is 2.36. The first-order valence-corrected chi connectivity index (χ1v) is 6.84. The Balaban J connectivity index is 2.22. The van der Waals surface area contributed by atoms with E-state index in [0.717, 1.165) is 25.7 Å². The minimum atomic E-state index is -0.284. The van der Waals surface area contributed by atoms with Crippen molar-refractivity contribution in [2.24, 2.45) is 5.73 Å². The smallest absolute Gasteiger partial charge is 0.221 e. The van der Waals surface area contributed by atoms with Gasteiger partial charge in [-0.25, -0.2) is 0 Å². The second-order valence-electron chi connectivity index (χ2n) is 5.34. The van der Waals surface area contributed by atoms with Crippen LogP contribution < -0.4 is 11.1 Å². The Kier molecular flexibility index (Phi) is 6.36. The summed E-state index contributed by atoms with van der Waals surface area (Å²) >= 11 is 0. The summed E-state index contributed by atoms with van der Waals surface area (Å²) in [6, 6.07) is 0. The fourth-order valence-electron chi connectivity index (χ4n) is 2.36. The molecule has 1 saturated carbocycles. The van der Waals surface area contributed by atoms with Gasteiger partial charge in [0.1, 0.15) is 0 Å². The molecule has 1 rings (SSSR count). The molecule has 0 saturated heterocycles. The van der Waals surface area contributed by atoms with Gasteiger partial charge in [-0.3, -0.25) is 4.79 Å². The fraction of sp³-hybridized carbons (Fsp3) is 0.786. The van der Waals surface area contributed by atoms with Crippen molar-refractivity contribution < 1.29 is 9.53 Å². The number of hydrogen-bond donors (Lipinski definition) is 2. The molecule has 0 aliphatic heterocycles. The maximum Gasteiger partial charge on any atom is 0.221 e. The van der Waals surface area contributed by atoms with Gasteiger partial charge in [-0.05, 0) is 19.8 Å². The van der Waals surface area contributed by atoms with Crippen LogP contribution in [0.4, 0.5) is 0 Å². The van der Waals surface area contributed by atoms with Crippen molar-refractivity contribution in [3.05, 3.63) is 12.7 Å². The Morgan fingerprint density at radius 2 is 2.17 bits per heavy atom. The van der Waals surface area contributed by atoms with Crippen molar-refractivity contribution in [3.8, 4) is 0 Å². The van der Waals surface area contributed by atoms with Crippen LogP contribution in [-0.2, 0) is 9.53 Å². The summed E-state index contributed by atoms with van der Waals surface area (Å²) in [7, 11) is 0. The Hall–Kier alpha value is -0.870. The van der Waals surface area contributed by atoms with E-state index < -0.39 is 0 Å². The molecule has 0 aromatic rings. The number of carbonyl (C=O) groups excluding carboxylic acids is 1. The Morgan fingerprint density at radius 1 is 1.50 bits per heavy atom. The normalized spacial score (nSPS) is 20.1. The molecule has 1 unspecified atom stereocenters. The first kappa shape index (κ1) is 15.2. The lowest BCUT2D eigenvalue weighted by Crippen LogP contribution is -2.46. The highest BCUT2D eigenvalue weighted by Gasteiger charge is 2.29. The number of nitrogens with two attached hydrogens (primary N) is 1. The topological polar surface area (TPSA) is 64.3 Å². The quantitative estimate of drug-likeness (QED) is 0.680. The summed E-state index contributed by atoms with van der Waals surface area (Å²) in [6.07, 6.45) is 7.59. The molecule has 0 bridgehead atoms. The van der Waals surface area contributed by atoms with Gasteiger partial charge in [0, 0.05) is 18.5 Å². The molecule has 1 aliphatic carbocycles. The average molecular weight is 254 g/mol. The van der Waals surface area contributed by atoms with E-state index in [0.29, 0.717) is 19.6 Å². The van der Waals surface area contributed by atoms with Gasteiger partial charge < -0.3 is 15.8 Å². The summed E-state index contributed by atoms with van der Waals surface area (Å²) in [5.74, 6) is 0.0356. The van der Waals surface area contributed by atoms with E-state index in [-0.39, 0.29) is 17.6 Å². The standard InChI is InChI=1S/C14H26N2O2/c1-3-9-18-12(2)11-16-13(17)10-14(15)7-5-4-6-8-14/h3,12H,1,4-11,15H2,2H3,(H,16,17). The van der Waals surface area contributed by atoms with Gasteiger partial charge in [-0.15, -0.1) is 6.58 Å². The van der Waals surface area contributed by atoms with Gasteiger partial charge in [-0.1, -0.05) is 25.3 Å². The highest BCUT2D eigenvalue weighted by Crippen LogP contribution is 2.28. The van der Waals surface area contributed by atoms with Crippen molar-refractivity contribution in [2.75, 3.05) is 13.2 Å². The van der Waals surface area contributed by atoms with Crippen molar-refractivity contribution in [1.29, 1.82) is 0 Å². The van der Waals surface area contributed by atoms with Crippen LogP contribution in [0.1, 0.15) is 45.4 Å². The molecular weight excluding hydrogens is 228 g/mol. The number of ether oxygens (including phenoxy) is 1. The molecule has 18 heavy (non-hydrogen) atoms. The zero-order valence-corrected chi connectivity index (χ0v) is 11.4. The molecule has 104 valence electrons. The summed E-state index contributed by atoms with van der Waals surface area (Å²) < 4.78 is 5.39. The van der Waals surface area contributed by atoms with Crippen LogP contribution >= 0.6 is 0 Å². The number of carbonyl (C=O) groups is 1. The minimum absolute atomic E-state index is 0.00651. The molecule has 1 fully saturated rings. The van der Waals surface area contributed by atoms with Crippen molar-refractivity contribution >= 4 is 5.91 Å². The third-order valence-electron chi connectivity index (χ3n) is 3.45. The number of amides is 1. The van der Waals surface area contributed by atoms with Crippen molar-refractivity contribution in [3.63, 3.8) is 0 Å². The number of hydrogen-bond acceptors (Lipinski definition) is 3. The van der Waals surface area contributed by atoms with Crippen molar-refractivity contribution in [2.45, 2.75) is 57.1 Å². The average Bonchev–Trinajstić information content (AvgIpc) is 2.34. The molecule has 0 radical (unpaired) electrons. The van der Waals surface area contributed by atoms with Gasteiger partial charge in [0.2, 0.25) is 5.91 Å². The second-order valence-corrected chi connectivity index (χ2v) is 5.34. The third kappa shape index (κ3) is 5.65. The van der Waals surface area contributed by atoms with Crippen LogP contribution in [0.3, 0.4) is 0 Å². The third-order valence-corrected chi connectivity index (χ3v) is 3.45. The van der Waals surface area contributed by atoms with E-state index in [1.807, 2.05) is 6.92 Å². The zero-order valence-electron chi connectivity index (χ0n) is 11.4. The predicted molar refractivity (Wildman–Crippen MR) is 73.2 cm³/mol. The molecular formula is C14H26N2O2. The molecule has 4 nitrogen and oxygen atoms in total. The first-order valence-electron chi connectivity index (χ1n) is 6.84. The Bertz CT molecular complexity index is 273. The van der Waals surface area contributed by atoms with Crippen molar-refractivity contribution in [1.82, 2.24) is 5.32 Å². The number of nitrogens with one attached hydrogen (secondary N) is 1. The van der Waals surface area contributed by atoms with Crippen LogP contribution in [0.15, 0.2) is 12.7 Å². The SMILES string of the molecule is C=CCOC(C)CNC(=O)CC1(N)CCCCC1. The molecule has 0 spiro atoms. The van der Waals surface area contributed by atoms with Gasteiger partial charge in [0.05, 0.1) is 12.7 Å². The van der Waals surface area contributed by atoms with Gasteiger partial charge in [0.25, 0.3) is 0 Å². The van der Waals surface area contributed by atoms with Gasteiger partial charge in [0.15, 0.2) is 0 Å². The maximum absolute atomic E-state index is 11.8. The summed E-state index contributed by atoms with van der Waals surface area (Å²) in [4.78, 5) is 11.8. The van der Waals surface area contributed by atoms with E-state index in [9.17, 15) is 4.79 Å². The molecule has 1 aliphatic rings.